The van der Waals surface area contributed by atoms with E-state index >= 15 is 0 Å². The van der Waals surface area contributed by atoms with Crippen LogP contribution in [-0.2, 0) is 17.6 Å². The van der Waals surface area contributed by atoms with Gasteiger partial charge in [0, 0.05) is 49.7 Å². The predicted octanol–water partition coefficient (Wildman–Crippen LogP) is 4.46. The van der Waals surface area contributed by atoms with Crippen molar-refractivity contribution < 1.29 is 4.79 Å². The van der Waals surface area contributed by atoms with Gasteiger partial charge in [0.2, 0.25) is 5.91 Å². The Morgan fingerprint density at radius 2 is 1.79 bits per heavy atom. The van der Waals surface area contributed by atoms with Crippen molar-refractivity contribution in [3.05, 3.63) is 70.9 Å². The van der Waals surface area contributed by atoms with E-state index in [4.69, 9.17) is 0 Å². The highest BCUT2D eigenvalue weighted by molar-refractivity contribution is 5.77. The largest absolute Gasteiger partial charge is 0.368 e. The molecular weight excluding hydrogens is 358 g/mol. The SMILES string of the molecule is C=C1CCc2ccc(CCC(=O)N3CCN(c4ccc(C)c(C)c4)CC3)cc2N1. The summed E-state index contributed by atoms with van der Waals surface area (Å²) < 4.78 is 0. The van der Waals surface area contributed by atoms with Crippen LogP contribution in [-0.4, -0.2) is 37.0 Å². The van der Waals surface area contributed by atoms with Gasteiger partial charge in [0.1, 0.15) is 0 Å². The molecule has 2 aromatic carbocycles. The van der Waals surface area contributed by atoms with Crippen molar-refractivity contribution in [3.63, 3.8) is 0 Å². The summed E-state index contributed by atoms with van der Waals surface area (Å²) in [6.07, 6.45) is 3.41. The second kappa shape index (κ2) is 8.32. The van der Waals surface area contributed by atoms with Crippen LogP contribution in [0.25, 0.3) is 0 Å². The number of nitrogens with zero attached hydrogens (tertiary/aromatic N) is 2. The smallest absolute Gasteiger partial charge is 0.223 e. The van der Waals surface area contributed by atoms with Crippen LogP contribution in [0.5, 0.6) is 0 Å². The van der Waals surface area contributed by atoms with Crippen molar-refractivity contribution in [2.24, 2.45) is 0 Å². The van der Waals surface area contributed by atoms with Gasteiger partial charge in [-0.05, 0) is 73.6 Å². The number of amides is 1. The number of benzene rings is 2. The normalized spacial score (nSPS) is 16.4. The molecule has 4 rings (SSSR count). The summed E-state index contributed by atoms with van der Waals surface area (Å²) in [6, 6.07) is 13.2. The van der Waals surface area contributed by atoms with Gasteiger partial charge in [-0.3, -0.25) is 4.79 Å². The summed E-state index contributed by atoms with van der Waals surface area (Å²) in [4.78, 5) is 17.1. The summed E-state index contributed by atoms with van der Waals surface area (Å²) in [6.45, 7) is 11.7. The quantitative estimate of drug-likeness (QED) is 0.839. The Morgan fingerprint density at radius 1 is 1.00 bits per heavy atom. The molecule has 1 amide bonds. The number of hydrogen-bond acceptors (Lipinski definition) is 3. The molecule has 0 unspecified atom stereocenters. The van der Waals surface area contributed by atoms with Crippen molar-refractivity contribution in [2.45, 2.75) is 39.5 Å². The third kappa shape index (κ3) is 4.47. The average Bonchev–Trinajstić information content (AvgIpc) is 2.73. The topological polar surface area (TPSA) is 35.6 Å². The molecule has 2 heterocycles. The van der Waals surface area contributed by atoms with Crippen molar-refractivity contribution in [1.82, 2.24) is 4.90 Å². The van der Waals surface area contributed by atoms with Crippen LogP contribution < -0.4 is 10.2 Å². The predicted molar refractivity (Wildman–Crippen MR) is 121 cm³/mol. The number of carbonyl (C=O) groups excluding carboxylic acids is 1. The third-order valence-electron chi connectivity index (χ3n) is 6.30. The second-order valence-corrected chi connectivity index (χ2v) is 8.36. The Morgan fingerprint density at radius 3 is 2.55 bits per heavy atom. The zero-order chi connectivity index (χ0) is 20.4. The highest BCUT2D eigenvalue weighted by Gasteiger charge is 2.21. The molecule has 2 aliphatic rings. The fraction of sp³-hybridized carbons (Fsp3) is 0.400. The van der Waals surface area contributed by atoms with Gasteiger partial charge in [-0.1, -0.05) is 24.8 Å². The Kier molecular flexibility index (Phi) is 5.61. The lowest BCUT2D eigenvalue weighted by Gasteiger charge is -2.36. The van der Waals surface area contributed by atoms with Crippen LogP contribution >= 0.6 is 0 Å². The molecule has 1 saturated heterocycles. The maximum atomic E-state index is 12.7. The fourth-order valence-corrected chi connectivity index (χ4v) is 4.20. The lowest BCUT2D eigenvalue weighted by atomic mass is 9.98. The van der Waals surface area contributed by atoms with Crippen molar-refractivity contribution in [2.75, 3.05) is 36.4 Å². The first kappa shape index (κ1) is 19.6. The molecule has 2 aliphatic heterocycles. The van der Waals surface area contributed by atoms with E-state index in [-0.39, 0.29) is 5.91 Å². The minimum Gasteiger partial charge on any atom is -0.368 e. The molecule has 0 saturated carbocycles. The zero-order valence-corrected chi connectivity index (χ0v) is 17.6. The van der Waals surface area contributed by atoms with Gasteiger partial charge in [0.05, 0.1) is 0 Å². The van der Waals surface area contributed by atoms with Gasteiger partial charge >= 0.3 is 0 Å². The van der Waals surface area contributed by atoms with Crippen LogP contribution in [0.1, 0.15) is 35.1 Å². The number of piperazine rings is 1. The molecule has 4 nitrogen and oxygen atoms in total. The first-order valence-electron chi connectivity index (χ1n) is 10.7. The summed E-state index contributed by atoms with van der Waals surface area (Å²) in [7, 11) is 0. The first-order chi connectivity index (χ1) is 14.0. The number of carbonyl (C=O) groups is 1. The molecule has 0 radical (unpaired) electrons. The van der Waals surface area contributed by atoms with E-state index in [1.54, 1.807) is 0 Å². The number of nitrogens with one attached hydrogen (secondary N) is 1. The molecule has 1 fully saturated rings. The van der Waals surface area contributed by atoms with Gasteiger partial charge in [-0.15, -0.1) is 0 Å². The Balaban J connectivity index is 1.29. The zero-order valence-electron chi connectivity index (χ0n) is 17.6. The Bertz CT molecular complexity index is 926. The van der Waals surface area contributed by atoms with Gasteiger partial charge < -0.3 is 15.1 Å². The number of rotatable bonds is 4. The van der Waals surface area contributed by atoms with E-state index in [9.17, 15) is 4.79 Å². The lowest BCUT2D eigenvalue weighted by molar-refractivity contribution is -0.131. The average molecular weight is 390 g/mol. The number of fused-ring (bicyclic) bond motifs is 1. The van der Waals surface area contributed by atoms with Gasteiger partial charge in [0.25, 0.3) is 0 Å². The van der Waals surface area contributed by atoms with Crippen LogP contribution in [0.4, 0.5) is 11.4 Å². The molecule has 0 atom stereocenters. The molecule has 1 N–H and O–H groups in total. The van der Waals surface area contributed by atoms with Gasteiger partial charge in [0.15, 0.2) is 0 Å². The Hall–Kier alpha value is -2.75. The van der Waals surface area contributed by atoms with Crippen LogP contribution in [0, 0.1) is 13.8 Å². The third-order valence-corrected chi connectivity index (χ3v) is 6.30. The molecule has 29 heavy (non-hydrogen) atoms. The molecular formula is C25H31N3O. The standard InChI is InChI=1S/C25H31N3O/c1-18-4-10-23(16-19(18)2)27-12-14-28(15-13-27)25(29)11-7-21-6-9-22-8-5-20(3)26-24(22)17-21/h4,6,9-10,16-17,26H,3,5,7-8,11-15H2,1-2H3. The van der Waals surface area contributed by atoms with E-state index in [0.717, 1.165) is 56.8 Å². The van der Waals surface area contributed by atoms with E-state index in [0.29, 0.717) is 6.42 Å². The highest BCUT2D eigenvalue weighted by Crippen LogP contribution is 2.27. The highest BCUT2D eigenvalue weighted by atomic mass is 16.2. The fourth-order valence-electron chi connectivity index (χ4n) is 4.20. The van der Waals surface area contributed by atoms with Crippen molar-refractivity contribution in [1.29, 1.82) is 0 Å². The van der Waals surface area contributed by atoms with Crippen molar-refractivity contribution >= 4 is 17.3 Å². The second-order valence-electron chi connectivity index (χ2n) is 8.36. The number of anilines is 2. The lowest BCUT2D eigenvalue weighted by Crippen LogP contribution is -2.48. The maximum Gasteiger partial charge on any atom is 0.223 e. The summed E-state index contributed by atoms with van der Waals surface area (Å²) >= 11 is 0. The van der Waals surface area contributed by atoms with Crippen LogP contribution in [0.2, 0.25) is 0 Å². The Labute approximate surface area is 174 Å². The molecule has 0 bridgehead atoms. The minimum absolute atomic E-state index is 0.264. The van der Waals surface area contributed by atoms with Crippen molar-refractivity contribution in [3.8, 4) is 0 Å². The molecule has 152 valence electrons. The molecule has 4 heteroatoms. The number of aryl methyl sites for hydroxylation is 4. The van der Waals surface area contributed by atoms with E-state index in [2.05, 4.69) is 67.0 Å². The van der Waals surface area contributed by atoms with Gasteiger partial charge in [-0.2, -0.15) is 0 Å². The summed E-state index contributed by atoms with van der Waals surface area (Å²) in [5.41, 5.74) is 8.71. The first-order valence-corrected chi connectivity index (χ1v) is 10.7. The summed E-state index contributed by atoms with van der Waals surface area (Å²) in [5.74, 6) is 0.264. The molecule has 0 aromatic heterocycles. The van der Waals surface area contributed by atoms with Crippen LogP contribution in [0.3, 0.4) is 0 Å². The van der Waals surface area contributed by atoms with E-state index < -0.39 is 0 Å². The minimum atomic E-state index is 0.264. The monoisotopic (exact) mass is 389 g/mol. The number of hydrogen-bond donors (Lipinski definition) is 1. The molecule has 0 aliphatic carbocycles. The van der Waals surface area contributed by atoms with E-state index in [1.165, 1.54) is 27.9 Å². The van der Waals surface area contributed by atoms with Gasteiger partial charge in [-0.25, -0.2) is 0 Å². The maximum absolute atomic E-state index is 12.7. The number of allylic oxidation sites excluding steroid dienone is 1. The summed E-state index contributed by atoms with van der Waals surface area (Å²) in [5, 5.41) is 3.38. The molecule has 2 aromatic rings. The van der Waals surface area contributed by atoms with Crippen LogP contribution in [0.15, 0.2) is 48.7 Å². The molecule has 0 spiro atoms. The van der Waals surface area contributed by atoms with E-state index in [1.807, 2.05) is 4.90 Å².